The second-order valence-electron chi connectivity index (χ2n) is 5.94. The molecule has 1 aliphatic rings. The largest absolute Gasteiger partial charge is 0.493 e. The molecule has 2 aromatic carbocycles. The summed E-state index contributed by atoms with van der Waals surface area (Å²) in [6, 6.07) is 13.2. The lowest BCUT2D eigenvalue weighted by molar-refractivity contribution is -0.120. The topological polar surface area (TPSA) is 64.4 Å². The molecule has 0 bridgehead atoms. The zero-order valence-electron chi connectivity index (χ0n) is 13.3. The van der Waals surface area contributed by atoms with Crippen molar-refractivity contribution in [3.8, 4) is 5.75 Å². The van der Waals surface area contributed by atoms with Gasteiger partial charge in [-0.15, -0.1) is 12.4 Å². The van der Waals surface area contributed by atoms with Crippen molar-refractivity contribution in [2.24, 2.45) is 5.73 Å². The van der Waals surface area contributed by atoms with Gasteiger partial charge in [-0.25, -0.2) is 0 Å². The number of rotatable bonds is 3. The van der Waals surface area contributed by atoms with Crippen LogP contribution >= 0.6 is 28.3 Å². The lowest BCUT2D eigenvalue weighted by Gasteiger charge is -2.25. The van der Waals surface area contributed by atoms with Crippen LogP contribution in [0.2, 0.25) is 0 Å². The van der Waals surface area contributed by atoms with E-state index in [4.69, 9.17) is 10.5 Å². The zero-order valence-corrected chi connectivity index (χ0v) is 15.7. The summed E-state index contributed by atoms with van der Waals surface area (Å²) in [4.78, 5) is 12.6. The molecule has 24 heavy (non-hydrogen) atoms. The maximum atomic E-state index is 12.6. The Hall–Kier alpha value is -1.56. The van der Waals surface area contributed by atoms with Crippen molar-refractivity contribution >= 4 is 39.9 Å². The number of hydrogen-bond acceptors (Lipinski definition) is 3. The van der Waals surface area contributed by atoms with E-state index in [1.54, 1.807) is 6.92 Å². The number of halogens is 2. The Kier molecular flexibility index (Phi) is 5.91. The van der Waals surface area contributed by atoms with Gasteiger partial charge in [0.15, 0.2) is 0 Å². The summed E-state index contributed by atoms with van der Waals surface area (Å²) in [5.74, 6) is 0.661. The number of nitrogens with one attached hydrogen (secondary N) is 1. The Labute approximate surface area is 156 Å². The third-order valence-electron chi connectivity index (χ3n) is 4.08. The molecule has 0 aliphatic carbocycles. The minimum atomic E-state index is -1.10. The Balaban J connectivity index is 0.00000208. The molecule has 0 saturated carbocycles. The highest BCUT2D eigenvalue weighted by molar-refractivity contribution is 9.10. The molecule has 2 aromatic rings. The van der Waals surface area contributed by atoms with Gasteiger partial charge >= 0.3 is 0 Å². The van der Waals surface area contributed by atoms with E-state index in [0.29, 0.717) is 0 Å². The van der Waals surface area contributed by atoms with Crippen LogP contribution in [0.15, 0.2) is 46.9 Å². The summed E-state index contributed by atoms with van der Waals surface area (Å²) >= 11 is 3.38. The van der Waals surface area contributed by atoms with E-state index in [2.05, 4.69) is 21.2 Å². The van der Waals surface area contributed by atoms with Crippen molar-refractivity contribution in [3.63, 3.8) is 0 Å². The number of carbonyl (C=O) groups excluding carboxylic acids is 1. The van der Waals surface area contributed by atoms with Gasteiger partial charge in [0.05, 0.1) is 6.61 Å². The van der Waals surface area contributed by atoms with Crippen molar-refractivity contribution in [2.75, 3.05) is 11.9 Å². The molecule has 4 nitrogen and oxygen atoms in total. The first-order chi connectivity index (χ1) is 11.0. The highest BCUT2D eigenvalue weighted by Crippen LogP contribution is 2.28. The molecule has 0 fully saturated rings. The predicted molar refractivity (Wildman–Crippen MR) is 102 cm³/mol. The van der Waals surface area contributed by atoms with Crippen molar-refractivity contribution < 1.29 is 9.53 Å². The molecule has 0 aromatic heterocycles. The van der Waals surface area contributed by atoms with Gasteiger partial charge in [-0.2, -0.15) is 0 Å². The zero-order chi connectivity index (χ0) is 16.4. The van der Waals surface area contributed by atoms with Crippen LogP contribution in [0.4, 0.5) is 5.69 Å². The first-order valence-corrected chi connectivity index (χ1v) is 8.38. The minimum Gasteiger partial charge on any atom is -0.493 e. The molecule has 6 heteroatoms. The fraction of sp³-hybridized carbons (Fsp3) is 0.278. The third kappa shape index (κ3) is 3.91. The summed E-state index contributed by atoms with van der Waals surface area (Å²) in [6.07, 6.45) is 1.96. The number of amides is 1. The van der Waals surface area contributed by atoms with Crippen molar-refractivity contribution in [3.05, 3.63) is 58.1 Å². The number of aryl methyl sites for hydroxylation is 1. The van der Waals surface area contributed by atoms with Gasteiger partial charge < -0.3 is 15.8 Å². The SMILES string of the molecule is CC(N)(C(=O)Nc1ccc2c(c1)CCCO2)c1ccc(Br)cc1.Cl. The Morgan fingerprint density at radius 2 is 1.96 bits per heavy atom. The van der Waals surface area contributed by atoms with Gasteiger partial charge in [0.1, 0.15) is 11.3 Å². The van der Waals surface area contributed by atoms with E-state index < -0.39 is 5.54 Å². The molecule has 1 unspecified atom stereocenters. The van der Waals surface area contributed by atoms with E-state index >= 15 is 0 Å². The molecule has 1 atom stereocenters. The van der Waals surface area contributed by atoms with E-state index in [-0.39, 0.29) is 18.3 Å². The second-order valence-corrected chi connectivity index (χ2v) is 6.85. The molecule has 1 aliphatic heterocycles. The van der Waals surface area contributed by atoms with E-state index in [0.717, 1.165) is 46.5 Å². The van der Waals surface area contributed by atoms with Gasteiger partial charge in [-0.3, -0.25) is 4.79 Å². The van der Waals surface area contributed by atoms with Gasteiger partial charge in [-0.1, -0.05) is 28.1 Å². The van der Waals surface area contributed by atoms with Crippen LogP contribution in [0.5, 0.6) is 5.75 Å². The molecule has 0 radical (unpaired) electrons. The Morgan fingerprint density at radius 3 is 2.67 bits per heavy atom. The van der Waals surface area contributed by atoms with Crippen LogP contribution in [-0.2, 0) is 16.8 Å². The summed E-state index contributed by atoms with van der Waals surface area (Å²) in [5.41, 5.74) is 7.79. The maximum absolute atomic E-state index is 12.6. The molecule has 0 spiro atoms. The third-order valence-corrected chi connectivity index (χ3v) is 4.61. The van der Waals surface area contributed by atoms with Crippen LogP contribution in [-0.4, -0.2) is 12.5 Å². The molecule has 1 amide bonds. The number of ether oxygens (including phenoxy) is 1. The molecule has 3 N–H and O–H groups in total. The van der Waals surface area contributed by atoms with Gasteiger partial charge in [0, 0.05) is 10.2 Å². The molecule has 128 valence electrons. The molecule has 0 saturated heterocycles. The average Bonchev–Trinajstić information content (AvgIpc) is 2.55. The number of anilines is 1. The minimum absolute atomic E-state index is 0. The summed E-state index contributed by atoms with van der Waals surface area (Å²) in [7, 11) is 0. The highest BCUT2D eigenvalue weighted by atomic mass is 79.9. The predicted octanol–water partition coefficient (Wildman–Crippen LogP) is 4.01. The molecule has 1 heterocycles. The van der Waals surface area contributed by atoms with Gasteiger partial charge in [0.25, 0.3) is 0 Å². The van der Waals surface area contributed by atoms with Crippen LogP contribution in [0.25, 0.3) is 0 Å². The Morgan fingerprint density at radius 1 is 1.25 bits per heavy atom. The first kappa shape index (κ1) is 18.8. The standard InChI is InChI=1S/C18H19BrN2O2.ClH/c1-18(20,13-4-6-14(19)7-5-13)17(22)21-15-8-9-16-12(11-15)3-2-10-23-16;/h4-9,11H,2-3,10,20H2,1H3,(H,21,22);1H. The van der Waals surface area contributed by atoms with Crippen molar-refractivity contribution in [1.82, 2.24) is 0 Å². The maximum Gasteiger partial charge on any atom is 0.248 e. The summed E-state index contributed by atoms with van der Waals surface area (Å²) in [5, 5.41) is 2.91. The van der Waals surface area contributed by atoms with Crippen LogP contribution in [0.3, 0.4) is 0 Å². The van der Waals surface area contributed by atoms with Crippen LogP contribution < -0.4 is 15.8 Å². The smallest absolute Gasteiger partial charge is 0.248 e. The lowest BCUT2D eigenvalue weighted by Crippen LogP contribution is -2.45. The second kappa shape index (κ2) is 7.55. The lowest BCUT2D eigenvalue weighted by atomic mass is 9.92. The quantitative estimate of drug-likeness (QED) is 0.802. The fourth-order valence-electron chi connectivity index (χ4n) is 2.63. The highest BCUT2D eigenvalue weighted by Gasteiger charge is 2.30. The molecule has 3 rings (SSSR count). The van der Waals surface area contributed by atoms with E-state index in [1.165, 1.54) is 0 Å². The number of carbonyl (C=O) groups is 1. The first-order valence-electron chi connectivity index (χ1n) is 7.59. The van der Waals surface area contributed by atoms with Crippen molar-refractivity contribution in [1.29, 1.82) is 0 Å². The van der Waals surface area contributed by atoms with Crippen LogP contribution in [0, 0.1) is 0 Å². The average molecular weight is 412 g/mol. The Bertz CT molecular complexity index is 732. The van der Waals surface area contributed by atoms with Crippen molar-refractivity contribution in [2.45, 2.75) is 25.3 Å². The van der Waals surface area contributed by atoms with E-state index in [1.807, 2.05) is 42.5 Å². The summed E-state index contributed by atoms with van der Waals surface area (Å²) in [6.45, 7) is 2.47. The number of benzene rings is 2. The fourth-order valence-corrected chi connectivity index (χ4v) is 2.89. The van der Waals surface area contributed by atoms with Gasteiger partial charge in [0.2, 0.25) is 5.91 Å². The van der Waals surface area contributed by atoms with Gasteiger partial charge in [-0.05, 0) is 61.2 Å². The number of fused-ring (bicyclic) bond motifs is 1. The monoisotopic (exact) mass is 410 g/mol. The number of hydrogen-bond donors (Lipinski definition) is 2. The van der Waals surface area contributed by atoms with Crippen LogP contribution in [0.1, 0.15) is 24.5 Å². The summed E-state index contributed by atoms with van der Waals surface area (Å²) < 4.78 is 6.54. The molecular weight excluding hydrogens is 392 g/mol. The number of nitrogens with two attached hydrogens (primary N) is 1. The van der Waals surface area contributed by atoms with E-state index in [9.17, 15) is 4.79 Å². The molecular formula is C18H20BrClN2O2. The normalized spacial score (nSPS) is 15.3.